The summed E-state index contributed by atoms with van der Waals surface area (Å²) in [7, 11) is 0. The number of rotatable bonds is 6. The van der Waals surface area contributed by atoms with Crippen LogP contribution in [0.25, 0.3) is 0 Å². The Labute approximate surface area is 145 Å². The fourth-order valence-corrected chi connectivity index (χ4v) is 2.64. The molecule has 0 radical (unpaired) electrons. The zero-order chi connectivity index (χ0) is 17.6. The molecule has 0 atom stereocenters. The van der Waals surface area contributed by atoms with Crippen LogP contribution in [0, 0.1) is 0 Å². The van der Waals surface area contributed by atoms with Crippen molar-refractivity contribution in [3.63, 3.8) is 0 Å². The Morgan fingerprint density at radius 2 is 1.67 bits per heavy atom. The third kappa shape index (κ3) is 5.12. The van der Waals surface area contributed by atoms with Gasteiger partial charge in [-0.2, -0.15) is 0 Å². The van der Waals surface area contributed by atoms with Crippen LogP contribution in [0.4, 0.5) is 11.4 Å². The van der Waals surface area contributed by atoms with Crippen molar-refractivity contribution in [3.05, 3.63) is 59.7 Å². The second kappa shape index (κ2) is 8.00. The first kappa shape index (κ1) is 18.1. The minimum absolute atomic E-state index is 0.00312. The van der Waals surface area contributed by atoms with E-state index in [-0.39, 0.29) is 11.3 Å². The van der Waals surface area contributed by atoms with Crippen molar-refractivity contribution < 1.29 is 4.79 Å². The number of hydrogen-bond donors (Lipinski definition) is 2. The van der Waals surface area contributed by atoms with E-state index in [0.29, 0.717) is 13.0 Å². The number of amides is 1. The normalized spacial score (nSPS) is 11.2. The summed E-state index contributed by atoms with van der Waals surface area (Å²) in [5, 5.41) is 6.34. The Balaban J connectivity index is 1.87. The lowest BCUT2D eigenvalue weighted by atomic mass is 9.86. The van der Waals surface area contributed by atoms with Crippen molar-refractivity contribution in [1.82, 2.24) is 0 Å². The monoisotopic (exact) mass is 324 g/mol. The molecule has 3 nitrogen and oxygen atoms in total. The van der Waals surface area contributed by atoms with Crippen LogP contribution in [0.2, 0.25) is 0 Å². The molecule has 0 aliphatic rings. The highest BCUT2D eigenvalue weighted by atomic mass is 16.1. The second-order valence-electron chi connectivity index (χ2n) is 7.07. The number of aryl methyl sites for hydroxylation is 1. The van der Waals surface area contributed by atoms with Gasteiger partial charge in [-0.25, -0.2) is 0 Å². The van der Waals surface area contributed by atoms with Crippen LogP contribution in [0.3, 0.4) is 0 Å². The summed E-state index contributed by atoms with van der Waals surface area (Å²) in [5.41, 5.74) is 4.43. The smallest absolute Gasteiger partial charge is 0.226 e. The predicted molar refractivity (Wildman–Crippen MR) is 103 cm³/mol. The molecular formula is C21H28N2O. The molecule has 0 aromatic heterocycles. The number of carbonyl (C=O) groups is 1. The molecule has 2 N–H and O–H groups in total. The van der Waals surface area contributed by atoms with Crippen LogP contribution < -0.4 is 10.6 Å². The molecule has 0 fully saturated rings. The molecule has 1 amide bonds. The summed E-state index contributed by atoms with van der Waals surface area (Å²) in [6.45, 7) is 9.22. The largest absolute Gasteiger partial charge is 0.385 e. The van der Waals surface area contributed by atoms with Gasteiger partial charge in [-0.15, -0.1) is 0 Å². The zero-order valence-corrected chi connectivity index (χ0v) is 15.1. The van der Waals surface area contributed by atoms with Crippen molar-refractivity contribution in [1.29, 1.82) is 0 Å². The zero-order valence-electron chi connectivity index (χ0n) is 15.1. The van der Waals surface area contributed by atoms with E-state index in [2.05, 4.69) is 68.7 Å². The van der Waals surface area contributed by atoms with Crippen LogP contribution in [0.15, 0.2) is 48.5 Å². The molecule has 0 unspecified atom stereocenters. The molecule has 0 bridgehead atoms. The number of anilines is 2. The van der Waals surface area contributed by atoms with Crippen molar-refractivity contribution in [2.24, 2.45) is 0 Å². The van der Waals surface area contributed by atoms with Crippen molar-refractivity contribution >= 4 is 17.3 Å². The number of benzene rings is 2. The molecule has 24 heavy (non-hydrogen) atoms. The Bertz CT molecular complexity index is 669. The van der Waals surface area contributed by atoms with Gasteiger partial charge in [0, 0.05) is 24.3 Å². The molecule has 0 aliphatic carbocycles. The molecule has 2 aromatic rings. The molecular weight excluding hydrogens is 296 g/mol. The molecule has 2 rings (SSSR count). The molecule has 3 heteroatoms. The van der Waals surface area contributed by atoms with E-state index in [0.717, 1.165) is 23.4 Å². The van der Waals surface area contributed by atoms with Crippen LogP contribution in [0.5, 0.6) is 0 Å². The van der Waals surface area contributed by atoms with Crippen molar-refractivity contribution in [3.8, 4) is 0 Å². The van der Waals surface area contributed by atoms with Crippen LogP contribution in [-0.4, -0.2) is 12.5 Å². The number of para-hydroxylation sites is 1. The number of hydrogen-bond acceptors (Lipinski definition) is 2. The van der Waals surface area contributed by atoms with E-state index in [1.807, 2.05) is 18.2 Å². The minimum atomic E-state index is 0.00312. The highest BCUT2D eigenvalue weighted by Crippen LogP contribution is 2.29. The molecule has 128 valence electrons. The molecule has 0 heterocycles. The summed E-state index contributed by atoms with van der Waals surface area (Å²) >= 11 is 0. The lowest BCUT2D eigenvalue weighted by molar-refractivity contribution is -0.115. The van der Waals surface area contributed by atoms with Gasteiger partial charge in [0.1, 0.15) is 0 Å². The van der Waals surface area contributed by atoms with Gasteiger partial charge in [0.15, 0.2) is 0 Å². The Hall–Kier alpha value is -2.29. The van der Waals surface area contributed by atoms with Gasteiger partial charge in [-0.05, 0) is 41.2 Å². The maximum Gasteiger partial charge on any atom is 0.226 e. The quantitative estimate of drug-likeness (QED) is 0.786. The number of nitrogens with one attached hydrogen (secondary N) is 2. The summed E-state index contributed by atoms with van der Waals surface area (Å²) in [6, 6.07) is 16.4. The summed E-state index contributed by atoms with van der Waals surface area (Å²) in [6.07, 6.45) is 1.48. The van der Waals surface area contributed by atoms with Crippen LogP contribution in [-0.2, 0) is 16.6 Å². The first-order valence-corrected chi connectivity index (χ1v) is 8.62. The van der Waals surface area contributed by atoms with Crippen LogP contribution >= 0.6 is 0 Å². The van der Waals surface area contributed by atoms with E-state index in [9.17, 15) is 4.79 Å². The van der Waals surface area contributed by atoms with Gasteiger partial charge >= 0.3 is 0 Å². The third-order valence-electron chi connectivity index (χ3n) is 4.05. The average Bonchev–Trinajstić information content (AvgIpc) is 2.55. The Kier molecular flexibility index (Phi) is 6.02. The lowest BCUT2D eigenvalue weighted by Gasteiger charge is -2.23. The Morgan fingerprint density at radius 1 is 1.00 bits per heavy atom. The van der Waals surface area contributed by atoms with E-state index in [1.165, 1.54) is 5.56 Å². The molecule has 0 saturated heterocycles. The fourth-order valence-electron chi connectivity index (χ4n) is 2.64. The van der Waals surface area contributed by atoms with Crippen LogP contribution in [0.1, 0.15) is 45.2 Å². The van der Waals surface area contributed by atoms with E-state index < -0.39 is 0 Å². The standard InChI is InChI=1S/C21H28N2O/c1-5-16-10-12-17(13-11-16)22-15-14-20(24)23-19-9-7-6-8-18(19)21(2,3)4/h6-13,22H,5,14-15H2,1-4H3,(H,23,24). The average molecular weight is 324 g/mol. The van der Waals surface area contributed by atoms with Gasteiger partial charge in [0.25, 0.3) is 0 Å². The minimum Gasteiger partial charge on any atom is -0.385 e. The van der Waals surface area contributed by atoms with Gasteiger partial charge in [-0.1, -0.05) is 58.0 Å². The van der Waals surface area contributed by atoms with Crippen molar-refractivity contribution in [2.75, 3.05) is 17.2 Å². The first-order chi connectivity index (χ1) is 11.4. The SMILES string of the molecule is CCc1ccc(NCCC(=O)Nc2ccccc2C(C)(C)C)cc1. The topological polar surface area (TPSA) is 41.1 Å². The predicted octanol–water partition coefficient (Wildman–Crippen LogP) is 4.99. The van der Waals surface area contributed by atoms with Crippen molar-refractivity contribution in [2.45, 2.75) is 46.0 Å². The second-order valence-corrected chi connectivity index (χ2v) is 7.07. The van der Waals surface area contributed by atoms with Gasteiger partial charge in [0.2, 0.25) is 5.91 Å². The summed E-state index contributed by atoms with van der Waals surface area (Å²) in [5.74, 6) is 0.0318. The highest BCUT2D eigenvalue weighted by molar-refractivity contribution is 5.92. The molecule has 0 spiro atoms. The lowest BCUT2D eigenvalue weighted by Crippen LogP contribution is -2.20. The maximum atomic E-state index is 12.2. The van der Waals surface area contributed by atoms with Gasteiger partial charge in [-0.3, -0.25) is 4.79 Å². The molecule has 2 aromatic carbocycles. The van der Waals surface area contributed by atoms with E-state index in [4.69, 9.17) is 0 Å². The highest BCUT2D eigenvalue weighted by Gasteiger charge is 2.18. The molecule has 0 aliphatic heterocycles. The van der Waals surface area contributed by atoms with Gasteiger partial charge in [0.05, 0.1) is 0 Å². The van der Waals surface area contributed by atoms with Gasteiger partial charge < -0.3 is 10.6 Å². The first-order valence-electron chi connectivity index (χ1n) is 8.62. The summed E-state index contributed by atoms with van der Waals surface area (Å²) in [4.78, 5) is 12.2. The van der Waals surface area contributed by atoms with E-state index in [1.54, 1.807) is 0 Å². The fraction of sp³-hybridized carbons (Fsp3) is 0.381. The summed E-state index contributed by atoms with van der Waals surface area (Å²) < 4.78 is 0. The van der Waals surface area contributed by atoms with E-state index >= 15 is 0 Å². The number of carbonyl (C=O) groups excluding carboxylic acids is 1. The maximum absolute atomic E-state index is 12.2. The molecule has 0 saturated carbocycles. The Morgan fingerprint density at radius 3 is 2.29 bits per heavy atom. The third-order valence-corrected chi connectivity index (χ3v) is 4.05.